The van der Waals surface area contributed by atoms with E-state index in [0.29, 0.717) is 0 Å². The van der Waals surface area contributed by atoms with Crippen molar-refractivity contribution in [3.63, 3.8) is 0 Å². The average Bonchev–Trinajstić information content (AvgIpc) is 2.04. The summed E-state index contributed by atoms with van der Waals surface area (Å²) in [6, 6.07) is 7.05. The molecule has 0 aliphatic heterocycles. The summed E-state index contributed by atoms with van der Waals surface area (Å²) in [6.07, 6.45) is -1.84. The van der Waals surface area contributed by atoms with Crippen LogP contribution in [0.2, 0.25) is 0 Å². The molecule has 0 atom stereocenters. The second-order valence-electron chi connectivity index (χ2n) is 2.12. The summed E-state index contributed by atoms with van der Waals surface area (Å²) in [5, 5.41) is 8.11. The second-order valence-corrected chi connectivity index (χ2v) is 3.66. The Morgan fingerprint density at radius 1 is 1.21 bits per heavy atom. The second kappa shape index (κ2) is 5.84. The molecule has 7 heteroatoms. The molecular formula is C7H7KO5S. The van der Waals surface area contributed by atoms with Crippen LogP contribution in [0.1, 0.15) is 0 Å². The topological polar surface area (TPSA) is 80.7 Å². The van der Waals surface area contributed by atoms with Crippen LogP contribution >= 0.6 is 0 Å². The van der Waals surface area contributed by atoms with Gasteiger partial charge in [0, 0.05) is 0 Å². The van der Waals surface area contributed by atoms with Crippen LogP contribution in [0.4, 0.5) is 4.79 Å². The first-order valence-electron chi connectivity index (χ1n) is 3.25. The van der Waals surface area contributed by atoms with Crippen LogP contribution in [-0.2, 0) is 14.3 Å². The zero-order valence-corrected chi connectivity index (χ0v) is 7.19. The van der Waals surface area contributed by atoms with E-state index in [2.05, 4.69) is 4.18 Å². The monoisotopic (exact) mass is 242 g/mol. The molecule has 0 saturated carbocycles. The normalized spacial score (nSPS) is 10.0. The van der Waals surface area contributed by atoms with Gasteiger partial charge >= 0.3 is 67.7 Å². The number of carbonyl (C=O) groups is 1. The first-order chi connectivity index (χ1) is 6.02. The Labute approximate surface area is 124 Å². The van der Waals surface area contributed by atoms with Crippen molar-refractivity contribution in [1.82, 2.24) is 0 Å². The van der Waals surface area contributed by atoms with E-state index in [-0.39, 0.29) is 56.3 Å². The van der Waals surface area contributed by atoms with Crippen molar-refractivity contribution in [3.8, 4) is 0 Å². The minimum atomic E-state index is -4.16. The summed E-state index contributed by atoms with van der Waals surface area (Å²) in [6.45, 7) is 0. The van der Waals surface area contributed by atoms with Crippen molar-refractivity contribution in [2.24, 2.45) is 0 Å². The Kier molecular flexibility index (Phi) is 5.87. The molecule has 0 aromatic heterocycles. The number of benzene rings is 1. The summed E-state index contributed by atoms with van der Waals surface area (Å²) in [5.74, 6) is 0. The Morgan fingerprint density at radius 2 is 1.71 bits per heavy atom. The van der Waals surface area contributed by atoms with Gasteiger partial charge in [-0.3, -0.25) is 0 Å². The number of hydrogen-bond donors (Lipinski definition) is 1. The van der Waals surface area contributed by atoms with Gasteiger partial charge in [-0.15, -0.1) is 0 Å². The Hall–Kier alpha value is 0.0764. The molecule has 0 unspecified atom stereocenters. The van der Waals surface area contributed by atoms with Gasteiger partial charge in [-0.05, 0) is 12.1 Å². The molecule has 1 N–H and O–H groups in total. The van der Waals surface area contributed by atoms with Crippen LogP contribution < -0.4 is 0 Å². The Morgan fingerprint density at radius 3 is 2.14 bits per heavy atom. The molecule has 1 rings (SSSR count). The van der Waals surface area contributed by atoms with E-state index in [1.807, 2.05) is 0 Å². The summed E-state index contributed by atoms with van der Waals surface area (Å²) < 4.78 is 25.8. The number of hydrogen-bond acceptors (Lipinski definition) is 4. The summed E-state index contributed by atoms with van der Waals surface area (Å²) in [5.41, 5.74) is 0. The standard InChI is InChI=1S/C7H6O5S.K.H/c8-7(9)12-13(10,11)6-4-2-1-3-5-6;;/h1-5H,(H,8,9);;. The van der Waals surface area contributed by atoms with Gasteiger partial charge in [-0.1, -0.05) is 18.2 Å². The molecule has 0 radical (unpaired) electrons. The molecule has 5 nitrogen and oxygen atoms in total. The fourth-order valence-electron chi connectivity index (χ4n) is 0.729. The molecule has 1 aromatic carbocycles. The van der Waals surface area contributed by atoms with Gasteiger partial charge in [0.1, 0.15) is 4.90 Å². The molecule has 0 aliphatic rings. The molecule has 14 heavy (non-hydrogen) atoms. The van der Waals surface area contributed by atoms with Crippen molar-refractivity contribution in [1.29, 1.82) is 0 Å². The first kappa shape index (κ1) is 14.1. The van der Waals surface area contributed by atoms with E-state index < -0.39 is 16.3 Å². The summed E-state index contributed by atoms with van der Waals surface area (Å²) in [7, 11) is -4.16. The van der Waals surface area contributed by atoms with Gasteiger partial charge in [0.05, 0.1) is 0 Å². The maximum atomic E-state index is 11.0. The first-order valence-corrected chi connectivity index (χ1v) is 4.65. The molecule has 1 aromatic rings. The van der Waals surface area contributed by atoms with Gasteiger partial charge in [0.15, 0.2) is 0 Å². The third-order valence-electron chi connectivity index (χ3n) is 1.21. The fraction of sp³-hybridized carbons (Fsp3) is 0. The predicted octanol–water partition coefficient (Wildman–Crippen LogP) is 0.421. The quantitative estimate of drug-likeness (QED) is 0.600. The van der Waals surface area contributed by atoms with Crippen molar-refractivity contribution in [2.75, 3.05) is 0 Å². The molecule has 72 valence electrons. The van der Waals surface area contributed by atoms with Crippen LogP contribution in [0.3, 0.4) is 0 Å². The van der Waals surface area contributed by atoms with Crippen LogP contribution in [0.15, 0.2) is 35.2 Å². The average molecular weight is 242 g/mol. The number of carboxylic acid groups (broad SMARTS) is 1. The fourth-order valence-corrected chi connectivity index (χ4v) is 1.50. The molecule has 0 saturated heterocycles. The molecule has 0 bridgehead atoms. The van der Waals surface area contributed by atoms with Crippen LogP contribution in [0, 0.1) is 0 Å². The van der Waals surface area contributed by atoms with Crippen molar-refractivity contribution in [3.05, 3.63) is 30.3 Å². The third-order valence-corrected chi connectivity index (χ3v) is 2.42. The van der Waals surface area contributed by atoms with Crippen LogP contribution in [0.25, 0.3) is 0 Å². The van der Waals surface area contributed by atoms with E-state index >= 15 is 0 Å². The molecule has 0 amide bonds. The van der Waals surface area contributed by atoms with Crippen molar-refractivity contribution >= 4 is 67.7 Å². The van der Waals surface area contributed by atoms with Crippen LogP contribution in [0.5, 0.6) is 0 Å². The van der Waals surface area contributed by atoms with Gasteiger partial charge in [0.2, 0.25) is 0 Å². The van der Waals surface area contributed by atoms with Crippen LogP contribution in [-0.4, -0.2) is 71.1 Å². The van der Waals surface area contributed by atoms with Gasteiger partial charge in [0.25, 0.3) is 0 Å². The van der Waals surface area contributed by atoms with Crippen molar-refractivity contribution in [2.45, 2.75) is 4.90 Å². The van der Waals surface area contributed by atoms with E-state index in [0.717, 1.165) is 0 Å². The van der Waals surface area contributed by atoms with Crippen molar-refractivity contribution < 1.29 is 22.5 Å². The predicted molar refractivity (Wildman–Crippen MR) is 49.9 cm³/mol. The molecule has 0 aliphatic carbocycles. The molecule has 0 heterocycles. The molecule has 0 fully saturated rings. The van der Waals surface area contributed by atoms with E-state index in [4.69, 9.17) is 5.11 Å². The van der Waals surface area contributed by atoms with E-state index in [9.17, 15) is 13.2 Å². The van der Waals surface area contributed by atoms with Gasteiger partial charge < -0.3 is 9.29 Å². The zero-order valence-electron chi connectivity index (χ0n) is 6.38. The van der Waals surface area contributed by atoms with Gasteiger partial charge in [-0.2, -0.15) is 8.42 Å². The van der Waals surface area contributed by atoms with E-state index in [1.54, 1.807) is 6.07 Å². The Balaban J connectivity index is 0.00000169. The summed E-state index contributed by atoms with van der Waals surface area (Å²) in [4.78, 5) is 9.80. The molecular weight excluding hydrogens is 235 g/mol. The Bertz CT molecular complexity index is 399. The minimum absolute atomic E-state index is 0. The maximum absolute atomic E-state index is 11.0. The van der Waals surface area contributed by atoms with Gasteiger partial charge in [-0.25, -0.2) is 4.79 Å². The molecule has 0 spiro atoms. The number of rotatable bonds is 2. The zero-order chi connectivity index (χ0) is 9.90. The summed E-state index contributed by atoms with van der Waals surface area (Å²) >= 11 is 0. The SMILES string of the molecule is O=C(O)OS(=O)(=O)c1ccccc1.[KH]. The van der Waals surface area contributed by atoms with E-state index in [1.165, 1.54) is 24.3 Å². The third kappa shape index (κ3) is 4.07.